The van der Waals surface area contributed by atoms with Gasteiger partial charge in [0, 0.05) is 0 Å². The first kappa shape index (κ1) is 23.7. The molecule has 1 N–H and O–H groups in total. The molecule has 0 aliphatic rings. The summed E-state index contributed by atoms with van der Waals surface area (Å²) in [5, 5.41) is 7.86. The Hall–Kier alpha value is -1.95. The zero-order valence-corrected chi connectivity index (χ0v) is 20.2. The SMILES string of the molecule is CNCCCCCCCCCC[PH](c1ccccc1)(c1ccccc1)c1ccccc1. The maximum absolute atomic E-state index is 3.24. The van der Waals surface area contributed by atoms with Gasteiger partial charge in [-0.1, -0.05) is 0 Å². The van der Waals surface area contributed by atoms with E-state index in [1.165, 1.54) is 73.4 Å². The Morgan fingerprint density at radius 3 is 1.23 bits per heavy atom. The van der Waals surface area contributed by atoms with Crippen LogP contribution in [0.1, 0.15) is 51.4 Å². The minimum absolute atomic E-state index is 1.16. The van der Waals surface area contributed by atoms with Crippen molar-refractivity contribution >= 4 is 23.2 Å². The third kappa shape index (κ3) is 6.76. The number of benzene rings is 3. The van der Waals surface area contributed by atoms with Crippen molar-refractivity contribution in [1.29, 1.82) is 0 Å². The van der Waals surface area contributed by atoms with E-state index in [-0.39, 0.29) is 0 Å². The topological polar surface area (TPSA) is 12.0 Å². The standard InChI is InChI=1S/C29H40NP/c1-30-25-17-6-4-2-3-5-7-18-26-31(27-19-11-8-12-20-27,28-21-13-9-14-22-28)29-23-15-10-16-24-29/h8-16,19-24,30-31H,2-7,17-18,25-26H2,1H3. The molecule has 0 saturated heterocycles. The van der Waals surface area contributed by atoms with Crippen LogP contribution in [-0.4, -0.2) is 19.8 Å². The van der Waals surface area contributed by atoms with Gasteiger partial charge in [0.25, 0.3) is 0 Å². The Balaban J connectivity index is 1.70. The molecule has 166 valence electrons. The van der Waals surface area contributed by atoms with E-state index in [9.17, 15) is 0 Å². The van der Waals surface area contributed by atoms with E-state index in [4.69, 9.17) is 0 Å². The van der Waals surface area contributed by atoms with Crippen molar-refractivity contribution < 1.29 is 0 Å². The maximum atomic E-state index is 3.24. The second-order valence-corrected chi connectivity index (χ2v) is 12.7. The average molecular weight is 434 g/mol. The summed E-state index contributed by atoms with van der Waals surface area (Å²) in [7, 11) is 0.0242. The second-order valence-electron chi connectivity index (χ2n) is 8.69. The van der Waals surface area contributed by atoms with Crippen LogP contribution in [0.5, 0.6) is 0 Å². The predicted molar refractivity (Wildman–Crippen MR) is 142 cm³/mol. The first-order chi connectivity index (χ1) is 15.4. The molecule has 2 heteroatoms. The van der Waals surface area contributed by atoms with E-state index in [0.29, 0.717) is 0 Å². The third-order valence-electron chi connectivity index (χ3n) is 6.53. The van der Waals surface area contributed by atoms with E-state index < -0.39 is 7.26 Å². The van der Waals surface area contributed by atoms with Crippen LogP contribution in [0, 0.1) is 0 Å². The summed E-state index contributed by atoms with van der Waals surface area (Å²) >= 11 is 0. The molecule has 1 nitrogen and oxygen atoms in total. The summed E-state index contributed by atoms with van der Waals surface area (Å²) in [5.74, 6) is 0. The van der Waals surface area contributed by atoms with Gasteiger partial charge in [-0.15, -0.1) is 0 Å². The Kier molecular flexibility index (Phi) is 10.3. The molecular formula is C29H40NP. The van der Waals surface area contributed by atoms with Gasteiger partial charge < -0.3 is 0 Å². The monoisotopic (exact) mass is 433 g/mol. The van der Waals surface area contributed by atoms with Gasteiger partial charge in [-0.05, 0) is 0 Å². The Morgan fingerprint density at radius 2 is 0.839 bits per heavy atom. The number of hydrogen-bond acceptors (Lipinski definition) is 1. The van der Waals surface area contributed by atoms with E-state index >= 15 is 0 Å². The van der Waals surface area contributed by atoms with E-state index in [1.807, 2.05) is 7.05 Å². The first-order valence-corrected chi connectivity index (χ1v) is 14.4. The second kappa shape index (κ2) is 13.5. The van der Waals surface area contributed by atoms with E-state index in [2.05, 4.69) is 96.3 Å². The fraction of sp³-hybridized carbons (Fsp3) is 0.379. The van der Waals surface area contributed by atoms with Gasteiger partial charge >= 0.3 is 191 Å². The third-order valence-corrected chi connectivity index (χ3v) is 11.6. The molecule has 0 saturated carbocycles. The van der Waals surface area contributed by atoms with Crippen molar-refractivity contribution in [2.24, 2.45) is 0 Å². The van der Waals surface area contributed by atoms with Crippen LogP contribution < -0.4 is 21.2 Å². The van der Waals surface area contributed by atoms with Gasteiger partial charge in [0.1, 0.15) is 0 Å². The summed E-state index contributed by atoms with van der Waals surface area (Å²) in [6, 6.07) is 34.0. The zero-order chi connectivity index (χ0) is 21.6. The van der Waals surface area contributed by atoms with E-state index in [1.54, 1.807) is 0 Å². The molecule has 0 fully saturated rings. The molecule has 0 unspecified atom stereocenters. The predicted octanol–water partition coefficient (Wildman–Crippen LogP) is 6.05. The van der Waals surface area contributed by atoms with Crippen molar-refractivity contribution in [3.63, 3.8) is 0 Å². The Labute approximate surface area is 190 Å². The molecule has 3 aromatic carbocycles. The zero-order valence-electron chi connectivity index (χ0n) is 19.2. The normalized spacial score (nSPS) is 12.0. The van der Waals surface area contributed by atoms with Crippen molar-refractivity contribution in [3.05, 3.63) is 91.0 Å². The van der Waals surface area contributed by atoms with Crippen LogP contribution in [0.2, 0.25) is 0 Å². The fourth-order valence-corrected chi connectivity index (χ4v) is 9.78. The minimum atomic E-state index is -2.02. The van der Waals surface area contributed by atoms with E-state index in [0.717, 1.165) is 6.54 Å². The van der Waals surface area contributed by atoms with Crippen LogP contribution in [-0.2, 0) is 0 Å². The summed E-state index contributed by atoms with van der Waals surface area (Å²) in [6.45, 7) is 1.16. The molecule has 0 aromatic heterocycles. The molecule has 0 bridgehead atoms. The van der Waals surface area contributed by atoms with Crippen LogP contribution in [0.3, 0.4) is 0 Å². The van der Waals surface area contributed by atoms with Crippen LogP contribution in [0.4, 0.5) is 0 Å². The summed E-state index contributed by atoms with van der Waals surface area (Å²) in [5.41, 5.74) is 0. The van der Waals surface area contributed by atoms with Gasteiger partial charge in [0.2, 0.25) is 0 Å². The van der Waals surface area contributed by atoms with Gasteiger partial charge in [0.15, 0.2) is 0 Å². The number of hydrogen-bond donors (Lipinski definition) is 1. The van der Waals surface area contributed by atoms with Crippen molar-refractivity contribution in [2.45, 2.75) is 51.4 Å². The molecule has 0 amide bonds. The Morgan fingerprint density at radius 1 is 0.484 bits per heavy atom. The van der Waals surface area contributed by atoms with Crippen molar-refractivity contribution in [2.75, 3.05) is 19.8 Å². The summed E-state index contributed by atoms with van der Waals surface area (Å²) < 4.78 is 0. The van der Waals surface area contributed by atoms with Gasteiger partial charge in [-0.3, -0.25) is 0 Å². The number of unbranched alkanes of at least 4 members (excludes halogenated alkanes) is 7. The molecular weight excluding hydrogens is 393 g/mol. The molecule has 0 aliphatic heterocycles. The van der Waals surface area contributed by atoms with Crippen molar-refractivity contribution in [3.8, 4) is 0 Å². The first-order valence-electron chi connectivity index (χ1n) is 12.2. The molecule has 3 aromatic rings. The van der Waals surface area contributed by atoms with Crippen LogP contribution in [0.15, 0.2) is 91.0 Å². The molecule has 31 heavy (non-hydrogen) atoms. The quantitative estimate of drug-likeness (QED) is 0.241. The molecule has 3 rings (SSSR count). The van der Waals surface area contributed by atoms with Crippen molar-refractivity contribution in [1.82, 2.24) is 5.32 Å². The van der Waals surface area contributed by atoms with Gasteiger partial charge in [-0.25, -0.2) is 0 Å². The number of rotatable bonds is 14. The van der Waals surface area contributed by atoms with Crippen LogP contribution in [0.25, 0.3) is 0 Å². The fourth-order valence-electron chi connectivity index (χ4n) is 4.85. The Bertz CT molecular complexity index is 736. The molecule has 0 radical (unpaired) electrons. The molecule has 0 heterocycles. The van der Waals surface area contributed by atoms with Gasteiger partial charge in [0.05, 0.1) is 0 Å². The average Bonchev–Trinajstić information content (AvgIpc) is 2.84. The summed E-state index contributed by atoms with van der Waals surface area (Å²) in [4.78, 5) is 0. The molecule has 0 spiro atoms. The van der Waals surface area contributed by atoms with Crippen LogP contribution >= 0.6 is 7.26 Å². The molecule has 0 atom stereocenters. The molecule has 0 aliphatic carbocycles. The van der Waals surface area contributed by atoms with Gasteiger partial charge in [-0.2, -0.15) is 0 Å². The number of nitrogens with one attached hydrogen (secondary N) is 1. The summed E-state index contributed by atoms with van der Waals surface area (Å²) in [6.07, 6.45) is 12.2.